The Morgan fingerprint density at radius 2 is 2.15 bits per heavy atom. The fraction of sp³-hybridized carbons (Fsp3) is 0.417. The topological polar surface area (TPSA) is 118 Å². The molecule has 0 fully saturated rings. The fourth-order valence-corrected chi connectivity index (χ4v) is 1.41. The van der Waals surface area contributed by atoms with Crippen molar-refractivity contribution in [2.45, 2.75) is 6.42 Å². The van der Waals surface area contributed by atoms with Crippen LogP contribution in [0.1, 0.15) is 16.9 Å². The average molecular weight is 281 g/mol. The maximum Gasteiger partial charge on any atom is 0.269 e. The molecule has 5 N–H and O–H groups in total. The van der Waals surface area contributed by atoms with Gasteiger partial charge in [-0.2, -0.15) is 0 Å². The van der Waals surface area contributed by atoms with Gasteiger partial charge in [0.05, 0.1) is 12.3 Å². The Hall–Kier alpha value is -2.19. The van der Waals surface area contributed by atoms with Gasteiger partial charge in [-0.05, 0) is 12.1 Å². The normalized spacial score (nSPS) is 9.90. The van der Waals surface area contributed by atoms with Crippen LogP contribution in [-0.4, -0.2) is 43.6 Å². The standard InChI is InChI=1S/C12H19N5O3/c1-20-7-6-15-11(18)3-5-16-12(19)10-8-9(17-13)2-4-14-10/h2,4,8H,3,5-7,13H2,1H3,(H,14,17)(H,15,18)(H,16,19). The molecule has 2 amide bonds. The number of nitrogens with one attached hydrogen (secondary N) is 3. The van der Waals surface area contributed by atoms with E-state index in [-0.39, 0.29) is 30.5 Å². The predicted molar refractivity (Wildman–Crippen MR) is 73.9 cm³/mol. The van der Waals surface area contributed by atoms with E-state index in [0.29, 0.717) is 18.8 Å². The number of nitrogens with zero attached hydrogens (tertiary/aromatic N) is 1. The van der Waals surface area contributed by atoms with Gasteiger partial charge >= 0.3 is 0 Å². The van der Waals surface area contributed by atoms with Crippen molar-refractivity contribution in [3.8, 4) is 0 Å². The molecule has 0 spiro atoms. The number of anilines is 1. The summed E-state index contributed by atoms with van der Waals surface area (Å²) in [5.74, 6) is 4.74. The number of hydrazine groups is 1. The molecule has 0 aliphatic rings. The molecule has 0 atom stereocenters. The molecule has 20 heavy (non-hydrogen) atoms. The lowest BCUT2D eigenvalue weighted by molar-refractivity contribution is -0.121. The Bertz CT molecular complexity index is 452. The van der Waals surface area contributed by atoms with Crippen LogP contribution in [0.4, 0.5) is 5.69 Å². The summed E-state index contributed by atoms with van der Waals surface area (Å²) in [6.07, 6.45) is 1.67. The van der Waals surface area contributed by atoms with Gasteiger partial charge in [0.25, 0.3) is 5.91 Å². The van der Waals surface area contributed by atoms with E-state index in [2.05, 4.69) is 21.0 Å². The highest BCUT2D eigenvalue weighted by molar-refractivity contribution is 5.93. The van der Waals surface area contributed by atoms with Crippen molar-refractivity contribution in [3.63, 3.8) is 0 Å². The molecule has 0 bridgehead atoms. The zero-order valence-corrected chi connectivity index (χ0v) is 11.3. The van der Waals surface area contributed by atoms with Crippen LogP contribution in [0.3, 0.4) is 0 Å². The molecular weight excluding hydrogens is 262 g/mol. The summed E-state index contributed by atoms with van der Waals surface area (Å²) in [6.45, 7) is 1.15. The third kappa shape index (κ3) is 5.63. The van der Waals surface area contributed by atoms with E-state index in [0.717, 1.165) is 0 Å². The molecule has 1 aromatic heterocycles. The van der Waals surface area contributed by atoms with Crippen LogP contribution in [0.25, 0.3) is 0 Å². The number of rotatable bonds is 8. The van der Waals surface area contributed by atoms with E-state index < -0.39 is 0 Å². The highest BCUT2D eigenvalue weighted by Crippen LogP contribution is 2.05. The number of aromatic nitrogens is 1. The molecule has 0 saturated heterocycles. The Balaban J connectivity index is 2.30. The number of hydrogen-bond acceptors (Lipinski definition) is 6. The zero-order valence-electron chi connectivity index (χ0n) is 11.3. The lowest BCUT2D eigenvalue weighted by atomic mass is 10.3. The molecule has 110 valence electrons. The van der Waals surface area contributed by atoms with Crippen molar-refractivity contribution < 1.29 is 14.3 Å². The lowest BCUT2D eigenvalue weighted by Gasteiger charge is -2.07. The van der Waals surface area contributed by atoms with Crippen LogP contribution in [0, 0.1) is 0 Å². The van der Waals surface area contributed by atoms with Gasteiger partial charge in [0.2, 0.25) is 5.91 Å². The van der Waals surface area contributed by atoms with Crippen molar-refractivity contribution in [2.24, 2.45) is 5.84 Å². The minimum absolute atomic E-state index is 0.146. The molecule has 0 aliphatic carbocycles. The summed E-state index contributed by atoms with van der Waals surface area (Å²) >= 11 is 0. The monoisotopic (exact) mass is 281 g/mol. The molecule has 1 rings (SSSR count). The van der Waals surface area contributed by atoms with Crippen LogP contribution >= 0.6 is 0 Å². The largest absolute Gasteiger partial charge is 0.383 e. The maximum absolute atomic E-state index is 11.8. The number of methoxy groups -OCH3 is 1. The highest BCUT2D eigenvalue weighted by atomic mass is 16.5. The summed E-state index contributed by atoms with van der Waals surface area (Å²) in [4.78, 5) is 27.1. The summed E-state index contributed by atoms with van der Waals surface area (Å²) in [5.41, 5.74) is 3.25. The average Bonchev–Trinajstić information content (AvgIpc) is 2.47. The molecule has 0 saturated carbocycles. The second-order valence-electron chi connectivity index (χ2n) is 3.92. The lowest BCUT2D eigenvalue weighted by Crippen LogP contribution is -2.32. The highest BCUT2D eigenvalue weighted by Gasteiger charge is 2.08. The van der Waals surface area contributed by atoms with Crippen LogP contribution in [0.2, 0.25) is 0 Å². The van der Waals surface area contributed by atoms with Crippen molar-refractivity contribution in [1.29, 1.82) is 0 Å². The summed E-state index contributed by atoms with van der Waals surface area (Å²) in [7, 11) is 1.56. The van der Waals surface area contributed by atoms with Gasteiger partial charge in [-0.3, -0.25) is 20.4 Å². The molecule has 0 radical (unpaired) electrons. The van der Waals surface area contributed by atoms with E-state index in [1.807, 2.05) is 0 Å². The van der Waals surface area contributed by atoms with E-state index in [9.17, 15) is 9.59 Å². The van der Waals surface area contributed by atoms with Gasteiger partial charge < -0.3 is 20.8 Å². The molecule has 8 heteroatoms. The minimum atomic E-state index is -0.355. The first-order valence-electron chi connectivity index (χ1n) is 6.14. The SMILES string of the molecule is COCCNC(=O)CCNC(=O)c1cc(NN)ccn1. The van der Waals surface area contributed by atoms with Crippen molar-refractivity contribution >= 4 is 17.5 Å². The minimum Gasteiger partial charge on any atom is -0.383 e. The third-order valence-corrected chi connectivity index (χ3v) is 2.43. The maximum atomic E-state index is 11.8. The summed E-state index contributed by atoms with van der Waals surface area (Å²) in [6, 6.07) is 3.16. The van der Waals surface area contributed by atoms with Crippen LogP contribution in [0.5, 0.6) is 0 Å². The second kappa shape index (κ2) is 8.83. The molecule has 1 aromatic rings. The summed E-state index contributed by atoms with van der Waals surface area (Å²) in [5, 5.41) is 5.27. The number of carbonyl (C=O) groups is 2. The zero-order chi connectivity index (χ0) is 14.8. The summed E-state index contributed by atoms with van der Waals surface area (Å²) < 4.78 is 4.81. The van der Waals surface area contributed by atoms with E-state index in [4.69, 9.17) is 10.6 Å². The van der Waals surface area contributed by atoms with Gasteiger partial charge in [0, 0.05) is 32.8 Å². The number of ether oxygens (including phenoxy) is 1. The molecule has 8 nitrogen and oxygen atoms in total. The Labute approximate surface area is 117 Å². The number of carbonyl (C=O) groups excluding carboxylic acids is 2. The van der Waals surface area contributed by atoms with E-state index >= 15 is 0 Å². The van der Waals surface area contributed by atoms with Crippen molar-refractivity contribution in [3.05, 3.63) is 24.0 Å². The second-order valence-corrected chi connectivity index (χ2v) is 3.92. The van der Waals surface area contributed by atoms with Crippen LogP contribution in [-0.2, 0) is 9.53 Å². The van der Waals surface area contributed by atoms with Gasteiger partial charge in [-0.15, -0.1) is 0 Å². The Morgan fingerprint density at radius 1 is 1.35 bits per heavy atom. The number of pyridine rings is 1. The molecule has 0 aliphatic heterocycles. The number of nitrogens with two attached hydrogens (primary N) is 1. The molecule has 0 unspecified atom stereocenters. The Kier molecular flexibility index (Phi) is 7.01. The first-order valence-corrected chi connectivity index (χ1v) is 6.14. The first-order chi connectivity index (χ1) is 9.67. The molecule has 0 aromatic carbocycles. The smallest absolute Gasteiger partial charge is 0.269 e. The van der Waals surface area contributed by atoms with Crippen molar-refractivity contribution in [1.82, 2.24) is 15.6 Å². The van der Waals surface area contributed by atoms with Gasteiger partial charge in [0.15, 0.2) is 0 Å². The molecular formula is C12H19N5O3. The van der Waals surface area contributed by atoms with Gasteiger partial charge in [0.1, 0.15) is 5.69 Å². The predicted octanol–water partition coefficient (Wildman–Crippen LogP) is -0.750. The quantitative estimate of drug-likeness (QED) is 0.283. The van der Waals surface area contributed by atoms with E-state index in [1.165, 1.54) is 12.3 Å². The van der Waals surface area contributed by atoms with Crippen LogP contribution in [0.15, 0.2) is 18.3 Å². The fourth-order valence-electron chi connectivity index (χ4n) is 1.41. The Morgan fingerprint density at radius 3 is 2.85 bits per heavy atom. The van der Waals surface area contributed by atoms with E-state index in [1.54, 1.807) is 13.2 Å². The van der Waals surface area contributed by atoms with Gasteiger partial charge in [-0.1, -0.05) is 0 Å². The third-order valence-electron chi connectivity index (χ3n) is 2.43. The first kappa shape index (κ1) is 15.9. The number of hydrogen-bond donors (Lipinski definition) is 4. The number of amides is 2. The number of nitrogen functional groups attached to an aromatic ring is 1. The van der Waals surface area contributed by atoms with Gasteiger partial charge in [-0.25, -0.2) is 0 Å². The van der Waals surface area contributed by atoms with Crippen LogP contribution < -0.4 is 21.9 Å². The van der Waals surface area contributed by atoms with Crippen molar-refractivity contribution in [2.75, 3.05) is 32.2 Å². The molecule has 1 heterocycles.